The highest BCUT2D eigenvalue weighted by atomic mass is 79.9. The van der Waals surface area contributed by atoms with E-state index in [1.54, 1.807) is 6.20 Å². The SMILES string of the molecule is Brc1cc(COCC2CCCN2)ccn1. The van der Waals surface area contributed by atoms with Gasteiger partial charge in [-0.3, -0.25) is 0 Å². The molecule has 1 fully saturated rings. The van der Waals surface area contributed by atoms with E-state index in [-0.39, 0.29) is 0 Å². The largest absolute Gasteiger partial charge is 0.375 e. The van der Waals surface area contributed by atoms with Gasteiger partial charge in [-0.15, -0.1) is 0 Å². The number of pyridine rings is 1. The molecule has 0 saturated carbocycles. The molecule has 3 nitrogen and oxygen atoms in total. The van der Waals surface area contributed by atoms with E-state index in [0.717, 1.165) is 23.3 Å². The van der Waals surface area contributed by atoms with Gasteiger partial charge in [0.2, 0.25) is 0 Å². The molecule has 4 heteroatoms. The van der Waals surface area contributed by atoms with Crippen LogP contribution < -0.4 is 5.32 Å². The maximum Gasteiger partial charge on any atom is 0.106 e. The zero-order valence-electron chi connectivity index (χ0n) is 8.58. The fourth-order valence-electron chi connectivity index (χ4n) is 1.75. The molecule has 0 aromatic carbocycles. The maximum absolute atomic E-state index is 5.65. The number of nitrogens with one attached hydrogen (secondary N) is 1. The van der Waals surface area contributed by atoms with E-state index in [0.29, 0.717) is 12.6 Å². The van der Waals surface area contributed by atoms with Crippen LogP contribution in [0.2, 0.25) is 0 Å². The Labute approximate surface area is 98.4 Å². The number of hydrogen-bond donors (Lipinski definition) is 1. The predicted molar refractivity (Wildman–Crippen MR) is 62.6 cm³/mol. The van der Waals surface area contributed by atoms with Crippen LogP contribution in [0.5, 0.6) is 0 Å². The number of hydrogen-bond acceptors (Lipinski definition) is 3. The second-order valence-corrected chi connectivity index (χ2v) is 4.61. The Hall–Kier alpha value is -0.450. The summed E-state index contributed by atoms with van der Waals surface area (Å²) in [6, 6.07) is 4.52. The summed E-state index contributed by atoms with van der Waals surface area (Å²) in [5.41, 5.74) is 1.16. The van der Waals surface area contributed by atoms with Crippen LogP contribution in [0, 0.1) is 0 Å². The third kappa shape index (κ3) is 3.55. The van der Waals surface area contributed by atoms with E-state index >= 15 is 0 Å². The molecule has 2 rings (SSSR count). The Bertz CT molecular complexity index is 313. The van der Waals surface area contributed by atoms with Gasteiger partial charge in [0.05, 0.1) is 13.2 Å². The summed E-state index contributed by atoms with van der Waals surface area (Å²) in [5.74, 6) is 0. The topological polar surface area (TPSA) is 34.1 Å². The molecule has 0 spiro atoms. The van der Waals surface area contributed by atoms with E-state index in [1.165, 1.54) is 12.8 Å². The second-order valence-electron chi connectivity index (χ2n) is 3.80. The van der Waals surface area contributed by atoms with E-state index in [1.807, 2.05) is 12.1 Å². The molecule has 1 aliphatic rings. The van der Waals surface area contributed by atoms with Crippen molar-refractivity contribution in [1.29, 1.82) is 0 Å². The van der Waals surface area contributed by atoms with Crippen LogP contribution >= 0.6 is 15.9 Å². The summed E-state index contributed by atoms with van der Waals surface area (Å²) < 4.78 is 6.51. The van der Waals surface area contributed by atoms with Crippen LogP contribution in [0.25, 0.3) is 0 Å². The second kappa shape index (κ2) is 5.58. The van der Waals surface area contributed by atoms with Gasteiger partial charge in [-0.2, -0.15) is 0 Å². The molecule has 0 radical (unpaired) electrons. The Morgan fingerprint density at radius 3 is 3.27 bits per heavy atom. The average molecular weight is 271 g/mol. The number of rotatable bonds is 4. The Balaban J connectivity index is 1.73. The van der Waals surface area contributed by atoms with Gasteiger partial charge in [-0.05, 0) is 53.0 Å². The zero-order valence-corrected chi connectivity index (χ0v) is 10.2. The lowest BCUT2D eigenvalue weighted by Crippen LogP contribution is -2.26. The minimum atomic E-state index is 0.551. The van der Waals surface area contributed by atoms with Gasteiger partial charge < -0.3 is 10.1 Å². The highest BCUT2D eigenvalue weighted by Crippen LogP contribution is 2.10. The van der Waals surface area contributed by atoms with Crippen LogP contribution in [0.4, 0.5) is 0 Å². The quantitative estimate of drug-likeness (QED) is 0.852. The van der Waals surface area contributed by atoms with Crippen molar-refractivity contribution in [1.82, 2.24) is 10.3 Å². The Morgan fingerprint density at radius 1 is 1.60 bits per heavy atom. The molecule has 1 saturated heterocycles. The summed E-state index contributed by atoms with van der Waals surface area (Å²) >= 11 is 3.34. The van der Waals surface area contributed by atoms with Gasteiger partial charge >= 0.3 is 0 Å². The summed E-state index contributed by atoms with van der Waals surface area (Å²) in [4.78, 5) is 4.07. The fourth-order valence-corrected chi connectivity index (χ4v) is 2.16. The molecule has 1 aromatic heterocycles. The molecule has 1 aliphatic heterocycles. The monoisotopic (exact) mass is 270 g/mol. The molecule has 82 valence electrons. The van der Waals surface area contributed by atoms with Gasteiger partial charge in [-0.25, -0.2) is 4.98 Å². The van der Waals surface area contributed by atoms with Gasteiger partial charge in [0.15, 0.2) is 0 Å². The first-order valence-corrected chi connectivity index (χ1v) is 6.05. The van der Waals surface area contributed by atoms with Crippen LogP contribution in [0.1, 0.15) is 18.4 Å². The maximum atomic E-state index is 5.65. The molecule has 15 heavy (non-hydrogen) atoms. The van der Waals surface area contributed by atoms with Crippen molar-refractivity contribution in [2.24, 2.45) is 0 Å². The van der Waals surface area contributed by atoms with Gasteiger partial charge in [-0.1, -0.05) is 0 Å². The highest BCUT2D eigenvalue weighted by molar-refractivity contribution is 9.10. The van der Waals surface area contributed by atoms with E-state index in [4.69, 9.17) is 4.74 Å². The average Bonchev–Trinajstić information content (AvgIpc) is 2.71. The van der Waals surface area contributed by atoms with Gasteiger partial charge in [0, 0.05) is 12.2 Å². The van der Waals surface area contributed by atoms with Crippen molar-refractivity contribution in [2.75, 3.05) is 13.2 Å². The number of halogens is 1. The van der Waals surface area contributed by atoms with Crippen LogP contribution in [-0.2, 0) is 11.3 Å². The van der Waals surface area contributed by atoms with E-state index in [9.17, 15) is 0 Å². The highest BCUT2D eigenvalue weighted by Gasteiger charge is 2.13. The van der Waals surface area contributed by atoms with E-state index < -0.39 is 0 Å². The molecule has 0 amide bonds. The minimum absolute atomic E-state index is 0.551. The molecule has 1 unspecified atom stereocenters. The lowest BCUT2D eigenvalue weighted by molar-refractivity contribution is 0.103. The first-order chi connectivity index (χ1) is 7.34. The van der Waals surface area contributed by atoms with Crippen LogP contribution in [0.15, 0.2) is 22.9 Å². The zero-order chi connectivity index (χ0) is 10.5. The summed E-state index contributed by atoms with van der Waals surface area (Å²) in [7, 11) is 0. The van der Waals surface area contributed by atoms with E-state index in [2.05, 4.69) is 26.2 Å². The molecule has 0 bridgehead atoms. The van der Waals surface area contributed by atoms with Crippen molar-refractivity contribution in [3.05, 3.63) is 28.5 Å². The molecule has 0 aliphatic carbocycles. The Morgan fingerprint density at radius 2 is 2.53 bits per heavy atom. The van der Waals surface area contributed by atoms with Crippen molar-refractivity contribution in [3.8, 4) is 0 Å². The lowest BCUT2D eigenvalue weighted by Gasteiger charge is -2.10. The van der Waals surface area contributed by atoms with Gasteiger partial charge in [0.25, 0.3) is 0 Å². The number of nitrogens with zero attached hydrogens (tertiary/aromatic N) is 1. The molecular formula is C11H15BrN2O. The third-order valence-electron chi connectivity index (χ3n) is 2.54. The minimum Gasteiger partial charge on any atom is -0.375 e. The van der Waals surface area contributed by atoms with Crippen molar-refractivity contribution >= 4 is 15.9 Å². The molecule has 2 heterocycles. The molecular weight excluding hydrogens is 256 g/mol. The molecule has 1 atom stereocenters. The lowest BCUT2D eigenvalue weighted by atomic mass is 10.2. The van der Waals surface area contributed by atoms with Crippen LogP contribution in [-0.4, -0.2) is 24.2 Å². The van der Waals surface area contributed by atoms with Crippen molar-refractivity contribution in [2.45, 2.75) is 25.5 Å². The van der Waals surface area contributed by atoms with Crippen molar-refractivity contribution in [3.63, 3.8) is 0 Å². The summed E-state index contributed by atoms with van der Waals surface area (Å²) in [5, 5.41) is 3.41. The Kier molecular flexibility index (Phi) is 4.11. The third-order valence-corrected chi connectivity index (χ3v) is 2.97. The fraction of sp³-hybridized carbons (Fsp3) is 0.545. The van der Waals surface area contributed by atoms with Gasteiger partial charge in [0.1, 0.15) is 4.60 Å². The number of ether oxygens (including phenoxy) is 1. The normalized spacial score (nSPS) is 20.7. The summed E-state index contributed by atoms with van der Waals surface area (Å²) in [6.07, 6.45) is 4.30. The molecule has 1 aromatic rings. The van der Waals surface area contributed by atoms with Crippen molar-refractivity contribution < 1.29 is 4.74 Å². The smallest absolute Gasteiger partial charge is 0.106 e. The standard InChI is InChI=1S/C11H15BrN2O/c12-11-6-9(3-5-14-11)7-15-8-10-2-1-4-13-10/h3,5-6,10,13H,1-2,4,7-8H2. The predicted octanol–water partition coefficient (Wildman–Crippen LogP) is 2.11. The first kappa shape index (κ1) is 11.0. The molecule has 1 N–H and O–H groups in total. The first-order valence-electron chi connectivity index (χ1n) is 5.26. The van der Waals surface area contributed by atoms with Crippen LogP contribution in [0.3, 0.4) is 0 Å². The number of aromatic nitrogens is 1. The summed E-state index contributed by atoms with van der Waals surface area (Å²) in [6.45, 7) is 2.61.